The van der Waals surface area contributed by atoms with Gasteiger partial charge in [0, 0.05) is 31.2 Å². The number of carbonyl (C=O) groups is 1. The molecule has 2 rings (SSSR count). The van der Waals surface area contributed by atoms with Gasteiger partial charge in [-0.2, -0.15) is 0 Å². The molecule has 0 atom stereocenters. The molecule has 0 heterocycles. The predicted molar refractivity (Wildman–Crippen MR) is 110 cm³/mol. The van der Waals surface area contributed by atoms with Crippen LogP contribution in [0.4, 0.5) is 10.5 Å². The number of benzene rings is 2. The van der Waals surface area contributed by atoms with Gasteiger partial charge in [-0.3, -0.25) is 10.3 Å². The summed E-state index contributed by atoms with van der Waals surface area (Å²) in [6.07, 6.45) is -0.480. The number of anilines is 1. The Morgan fingerprint density at radius 3 is 2.30 bits per heavy atom. The maximum atomic E-state index is 11.2. The Morgan fingerprint density at radius 1 is 1.04 bits per heavy atom. The molecule has 0 aliphatic carbocycles. The predicted octanol–water partition coefficient (Wildman–Crippen LogP) is 3.51. The summed E-state index contributed by atoms with van der Waals surface area (Å²) in [4.78, 5) is 15.5. The molecule has 27 heavy (non-hydrogen) atoms. The van der Waals surface area contributed by atoms with E-state index in [0.717, 1.165) is 18.1 Å². The number of hydrogen-bond acceptors (Lipinski definition) is 3. The molecular formula is C21H28N4O2. The SMILES string of the molecule is CN=C(NCc1ccc(NC(=O)OC)cc1)NCC(C)(C)c1ccccc1. The second-order valence-electron chi connectivity index (χ2n) is 6.84. The Balaban J connectivity index is 1.86. The summed E-state index contributed by atoms with van der Waals surface area (Å²) in [5.41, 5.74) is 3.04. The largest absolute Gasteiger partial charge is 0.453 e. The van der Waals surface area contributed by atoms with E-state index in [1.165, 1.54) is 12.7 Å². The van der Waals surface area contributed by atoms with E-state index in [9.17, 15) is 4.79 Å². The van der Waals surface area contributed by atoms with Crippen LogP contribution in [0.15, 0.2) is 59.6 Å². The lowest BCUT2D eigenvalue weighted by Gasteiger charge is -2.26. The molecular weight excluding hydrogens is 340 g/mol. The van der Waals surface area contributed by atoms with Crippen LogP contribution in [-0.4, -0.2) is 32.8 Å². The molecule has 0 unspecified atom stereocenters. The van der Waals surface area contributed by atoms with Crippen LogP contribution in [-0.2, 0) is 16.7 Å². The standard InChI is InChI=1S/C21H28N4O2/c1-21(2,17-8-6-5-7-9-17)15-24-19(22-3)23-14-16-10-12-18(13-11-16)25-20(26)27-4/h5-13H,14-15H2,1-4H3,(H,25,26)(H2,22,23,24). The average molecular weight is 368 g/mol. The summed E-state index contributed by atoms with van der Waals surface area (Å²) in [5.74, 6) is 0.746. The third-order valence-electron chi connectivity index (χ3n) is 4.32. The van der Waals surface area contributed by atoms with Crippen molar-refractivity contribution < 1.29 is 9.53 Å². The minimum Gasteiger partial charge on any atom is -0.453 e. The zero-order valence-electron chi connectivity index (χ0n) is 16.4. The van der Waals surface area contributed by atoms with Gasteiger partial charge in [0.2, 0.25) is 0 Å². The van der Waals surface area contributed by atoms with Crippen LogP contribution in [0, 0.1) is 0 Å². The van der Waals surface area contributed by atoms with E-state index in [2.05, 4.69) is 63.8 Å². The van der Waals surface area contributed by atoms with Crippen molar-refractivity contribution >= 4 is 17.7 Å². The van der Waals surface area contributed by atoms with Gasteiger partial charge < -0.3 is 15.4 Å². The first-order valence-corrected chi connectivity index (χ1v) is 8.88. The maximum Gasteiger partial charge on any atom is 0.411 e. The van der Waals surface area contributed by atoms with Crippen LogP contribution in [0.2, 0.25) is 0 Å². The smallest absolute Gasteiger partial charge is 0.411 e. The third kappa shape index (κ3) is 6.33. The fourth-order valence-electron chi connectivity index (χ4n) is 2.58. The van der Waals surface area contributed by atoms with E-state index in [1.54, 1.807) is 7.05 Å². The first-order chi connectivity index (χ1) is 12.9. The van der Waals surface area contributed by atoms with E-state index in [0.29, 0.717) is 12.2 Å². The number of nitrogens with zero attached hydrogens (tertiary/aromatic N) is 1. The van der Waals surface area contributed by atoms with Crippen LogP contribution in [0.5, 0.6) is 0 Å². The summed E-state index contributed by atoms with van der Waals surface area (Å²) in [5, 5.41) is 9.33. The molecule has 0 saturated heterocycles. The summed E-state index contributed by atoms with van der Waals surface area (Å²) >= 11 is 0. The van der Waals surface area contributed by atoms with Crippen molar-refractivity contribution in [3.05, 3.63) is 65.7 Å². The molecule has 0 aliphatic rings. The molecule has 3 N–H and O–H groups in total. The van der Waals surface area contributed by atoms with Gasteiger partial charge in [0.05, 0.1) is 7.11 Å². The molecule has 0 fully saturated rings. The number of aliphatic imine (C=N–C) groups is 1. The van der Waals surface area contributed by atoms with Gasteiger partial charge in [-0.1, -0.05) is 56.3 Å². The number of carbonyl (C=O) groups excluding carboxylic acids is 1. The summed E-state index contributed by atoms with van der Waals surface area (Å²) in [7, 11) is 3.10. The molecule has 0 spiro atoms. The Kier molecular flexibility index (Phi) is 7.23. The number of nitrogens with one attached hydrogen (secondary N) is 3. The first-order valence-electron chi connectivity index (χ1n) is 8.88. The molecule has 1 amide bonds. The third-order valence-corrected chi connectivity index (χ3v) is 4.32. The van der Waals surface area contributed by atoms with Crippen molar-refractivity contribution in [3.63, 3.8) is 0 Å². The number of guanidine groups is 1. The highest BCUT2D eigenvalue weighted by atomic mass is 16.5. The number of hydrogen-bond donors (Lipinski definition) is 3. The highest BCUT2D eigenvalue weighted by Gasteiger charge is 2.20. The second kappa shape index (κ2) is 9.62. The normalized spacial score (nSPS) is 11.6. The molecule has 144 valence electrons. The van der Waals surface area contributed by atoms with Crippen LogP contribution in [0.25, 0.3) is 0 Å². The van der Waals surface area contributed by atoms with Gasteiger partial charge >= 0.3 is 6.09 Å². The quantitative estimate of drug-likeness (QED) is 0.539. The van der Waals surface area contributed by atoms with Crippen molar-refractivity contribution in [2.75, 3.05) is 26.0 Å². The lowest BCUT2D eigenvalue weighted by Crippen LogP contribution is -2.43. The second-order valence-corrected chi connectivity index (χ2v) is 6.84. The molecule has 0 aliphatic heterocycles. The van der Waals surface area contributed by atoms with Gasteiger partial charge in [-0.25, -0.2) is 4.79 Å². The van der Waals surface area contributed by atoms with Crippen LogP contribution < -0.4 is 16.0 Å². The lowest BCUT2D eigenvalue weighted by atomic mass is 9.85. The Bertz CT molecular complexity index is 756. The zero-order valence-corrected chi connectivity index (χ0v) is 16.4. The van der Waals surface area contributed by atoms with E-state index in [4.69, 9.17) is 0 Å². The van der Waals surface area contributed by atoms with Crippen molar-refractivity contribution in [2.45, 2.75) is 25.8 Å². The van der Waals surface area contributed by atoms with Gasteiger partial charge in [0.1, 0.15) is 0 Å². The van der Waals surface area contributed by atoms with Crippen LogP contribution in [0.3, 0.4) is 0 Å². The molecule has 6 heteroatoms. The monoisotopic (exact) mass is 368 g/mol. The van der Waals surface area contributed by atoms with Crippen molar-refractivity contribution in [1.29, 1.82) is 0 Å². The van der Waals surface area contributed by atoms with Crippen molar-refractivity contribution in [3.8, 4) is 0 Å². The Hall–Kier alpha value is -3.02. The molecule has 0 bridgehead atoms. The molecule has 2 aromatic rings. The van der Waals surface area contributed by atoms with Crippen molar-refractivity contribution in [2.24, 2.45) is 4.99 Å². The Morgan fingerprint density at radius 2 is 1.70 bits per heavy atom. The fraction of sp³-hybridized carbons (Fsp3) is 0.333. The minimum atomic E-state index is -0.480. The van der Waals surface area contributed by atoms with Crippen LogP contribution in [0.1, 0.15) is 25.0 Å². The Labute approximate surface area is 161 Å². The zero-order chi connectivity index (χ0) is 19.7. The molecule has 2 aromatic carbocycles. The molecule has 6 nitrogen and oxygen atoms in total. The highest BCUT2D eigenvalue weighted by Crippen LogP contribution is 2.21. The van der Waals surface area contributed by atoms with E-state index in [1.807, 2.05) is 30.3 Å². The van der Waals surface area contributed by atoms with Gasteiger partial charge in [-0.05, 0) is 23.3 Å². The van der Waals surface area contributed by atoms with Gasteiger partial charge in [-0.15, -0.1) is 0 Å². The van der Waals surface area contributed by atoms with Crippen molar-refractivity contribution in [1.82, 2.24) is 10.6 Å². The molecule has 0 saturated carbocycles. The first kappa shape index (κ1) is 20.3. The number of methoxy groups -OCH3 is 1. The fourth-order valence-corrected chi connectivity index (χ4v) is 2.58. The summed E-state index contributed by atoms with van der Waals surface area (Å²) in [6, 6.07) is 18.0. The number of amides is 1. The molecule has 0 radical (unpaired) electrons. The number of rotatable bonds is 6. The summed E-state index contributed by atoms with van der Waals surface area (Å²) < 4.78 is 4.58. The van der Waals surface area contributed by atoms with Crippen LogP contribution >= 0.6 is 0 Å². The number of ether oxygens (including phenoxy) is 1. The minimum absolute atomic E-state index is 0.0138. The molecule has 0 aromatic heterocycles. The van der Waals surface area contributed by atoms with E-state index < -0.39 is 6.09 Å². The van der Waals surface area contributed by atoms with Gasteiger partial charge in [0.15, 0.2) is 5.96 Å². The topological polar surface area (TPSA) is 74.8 Å². The lowest BCUT2D eigenvalue weighted by molar-refractivity contribution is 0.187. The van der Waals surface area contributed by atoms with Gasteiger partial charge in [0.25, 0.3) is 0 Å². The maximum absolute atomic E-state index is 11.2. The van der Waals surface area contributed by atoms with E-state index >= 15 is 0 Å². The highest BCUT2D eigenvalue weighted by molar-refractivity contribution is 5.84. The summed E-state index contributed by atoms with van der Waals surface area (Å²) in [6.45, 7) is 5.80. The average Bonchev–Trinajstić information content (AvgIpc) is 2.69. The van der Waals surface area contributed by atoms with E-state index in [-0.39, 0.29) is 5.41 Å².